The first-order chi connectivity index (χ1) is 9.63. The summed E-state index contributed by atoms with van der Waals surface area (Å²) in [4.78, 5) is 6.62. The molecule has 1 aliphatic heterocycles. The molecule has 0 radical (unpaired) electrons. The van der Waals surface area contributed by atoms with Crippen LogP contribution in [0.1, 0.15) is 22.3 Å². The van der Waals surface area contributed by atoms with Crippen LogP contribution in [0, 0.1) is 13.8 Å². The van der Waals surface area contributed by atoms with E-state index >= 15 is 0 Å². The predicted octanol–water partition coefficient (Wildman–Crippen LogP) is 3.27. The topological polar surface area (TPSA) is 41.6 Å². The molecule has 0 spiro atoms. The Hall–Kier alpha value is -2.29. The molecule has 102 valence electrons. The van der Waals surface area contributed by atoms with Crippen molar-refractivity contribution in [3.63, 3.8) is 0 Å². The summed E-state index contributed by atoms with van der Waals surface area (Å²) in [6.07, 6.45) is 0. The van der Waals surface area contributed by atoms with E-state index in [9.17, 15) is 0 Å². The van der Waals surface area contributed by atoms with E-state index in [-0.39, 0.29) is 0 Å². The molecule has 1 aliphatic rings. The van der Waals surface area contributed by atoms with Crippen molar-refractivity contribution in [1.29, 1.82) is 0 Å². The Balaban J connectivity index is 1.86. The zero-order valence-electron chi connectivity index (χ0n) is 11.9. The molecule has 0 saturated heterocycles. The number of rotatable bonds is 2. The quantitative estimate of drug-likeness (QED) is 0.905. The second-order valence-electron chi connectivity index (χ2n) is 5.38. The summed E-state index contributed by atoms with van der Waals surface area (Å²) in [6.45, 7) is 5.88. The maximum Gasteiger partial charge on any atom is 0.197 e. The highest BCUT2D eigenvalue weighted by molar-refractivity contribution is 5.83. The molecular weight excluding hydrogens is 246 g/mol. The number of nitrogens with two attached hydrogens (primary N) is 1. The van der Waals surface area contributed by atoms with Gasteiger partial charge in [-0.15, -0.1) is 0 Å². The van der Waals surface area contributed by atoms with Gasteiger partial charge in [0.2, 0.25) is 0 Å². The molecule has 0 atom stereocenters. The monoisotopic (exact) mass is 265 g/mol. The predicted molar refractivity (Wildman–Crippen MR) is 82.9 cm³/mol. The van der Waals surface area contributed by atoms with Crippen molar-refractivity contribution >= 4 is 11.6 Å². The third kappa shape index (κ3) is 2.39. The fourth-order valence-corrected chi connectivity index (χ4v) is 2.60. The Labute approximate surface area is 119 Å². The normalized spacial score (nSPS) is 13.9. The van der Waals surface area contributed by atoms with Gasteiger partial charge in [0.15, 0.2) is 5.96 Å². The SMILES string of the molecule is Cc1ccc(CN2Cc3ccccc3N=C2N)c(C)c1. The van der Waals surface area contributed by atoms with Gasteiger partial charge in [0.25, 0.3) is 0 Å². The molecule has 0 unspecified atom stereocenters. The summed E-state index contributed by atoms with van der Waals surface area (Å²) in [5.41, 5.74) is 12.2. The Kier molecular flexibility index (Phi) is 3.18. The van der Waals surface area contributed by atoms with E-state index in [2.05, 4.69) is 48.0 Å². The van der Waals surface area contributed by atoms with E-state index < -0.39 is 0 Å². The van der Waals surface area contributed by atoms with Crippen LogP contribution in [0.4, 0.5) is 5.69 Å². The molecular formula is C17H19N3. The van der Waals surface area contributed by atoms with Crippen LogP contribution in [0.15, 0.2) is 47.5 Å². The van der Waals surface area contributed by atoms with Gasteiger partial charge in [0.05, 0.1) is 5.69 Å². The van der Waals surface area contributed by atoms with Crippen LogP contribution in [0.25, 0.3) is 0 Å². The minimum Gasteiger partial charge on any atom is -0.369 e. The second kappa shape index (κ2) is 5.00. The molecule has 20 heavy (non-hydrogen) atoms. The summed E-state index contributed by atoms with van der Waals surface area (Å²) < 4.78 is 0. The average molecular weight is 265 g/mol. The van der Waals surface area contributed by atoms with Crippen molar-refractivity contribution in [2.75, 3.05) is 0 Å². The van der Waals surface area contributed by atoms with E-state index in [0.29, 0.717) is 5.96 Å². The summed E-state index contributed by atoms with van der Waals surface area (Å²) >= 11 is 0. The minimum absolute atomic E-state index is 0.601. The summed E-state index contributed by atoms with van der Waals surface area (Å²) in [7, 11) is 0. The van der Waals surface area contributed by atoms with Crippen molar-refractivity contribution in [3.05, 3.63) is 64.7 Å². The van der Waals surface area contributed by atoms with Crippen molar-refractivity contribution in [3.8, 4) is 0 Å². The first-order valence-corrected chi connectivity index (χ1v) is 6.86. The number of hydrogen-bond donors (Lipinski definition) is 1. The number of para-hydroxylation sites is 1. The highest BCUT2D eigenvalue weighted by Gasteiger charge is 2.17. The number of aryl methyl sites for hydroxylation is 2. The first kappa shape index (κ1) is 12.7. The molecule has 0 amide bonds. The van der Waals surface area contributed by atoms with Crippen molar-refractivity contribution in [2.24, 2.45) is 10.7 Å². The number of nitrogens with zero attached hydrogens (tertiary/aromatic N) is 2. The van der Waals surface area contributed by atoms with Crippen molar-refractivity contribution < 1.29 is 0 Å². The molecule has 0 bridgehead atoms. The number of fused-ring (bicyclic) bond motifs is 1. The van der Waals surface area contributed by atoms with E-state index in [1.54, 1.807) is 0 Å². The lowest BCUT2D eigenvalue weighted by Crippen LogP contribution is -2.38. The van der Waals surface area contributed by atoms with Gasteiger partial charge in [-0.1, -0.05) is 42.0 Å². The molecule has 0 fully saturated rings. The molecule has 0 aromatic heterocycles. The second-order valence-corrected chi connectivity index (χ2v) is 5.38. The fraction of sp³-hybridized carbons (Fsp3) is 0.235. The van der Waals surface area contributed by atoms with Gasteiger partial charge in [-0.2, -0.15) is 0 Å². The Bertz CT molecular complexity index is 674. The molecule has 0 aliphatic carbocycles. The summed E-state index contributed by atoms with van der Waals surface area (Å²) in [6, 6.07) is 14.7. The summed E-state index contributed by atoms with van der Waals surface area (Å²) in [5.74, 6) is 0.601. The van der Waals surface area contributed by atoms with Crippen LogP contribution in [-0.4, -0.2) is 10.9 Å². The maximum atomic E-state index is 6.10. The lowest BCUT2D eigenvalue weighted by molar-refractivity contribution is 0.395. The number of aliphatic imine (C=N–C) groups is 1. The van der Waals surface area contributed by atoms with Crippen molar-refractivity contribution in [1.82, 2.24) is 4.90 Å². The van der Waals surface area contributed by atoms with Gasteiger partial charge < -0.3 is 10.6 Å². The fourth-order valence-electron chi connectivity index (χ4n) is 2.60. The van der Waals surface area contributed by atoms with Crippen LogP contribution in [0.3, 0.4) is 0 Å². The molecule has 0 saturated carbocycles. The molecule has 3 heteroatoms. The highest BCUT2D eigenvalue weighted by Crippen LogP contribution is 2.26. The standard InChI is InChI=1S/C17H19N3/c1-12-7-8-14(13(2)9-12)10-20-11-15-5-3-4-6-16(15)19-17(20)18/h3-9H,10-11H2,1-2H3,(H2,18,19). The van der Waals surface area contributed by atoms with E-state index in [1.807, 2.05) is 18.2 Å². The minimum atomic E-state index is 0.601. The van der Waals surface area contributed by atoms with E-state index in [0.717, 1.165) is 18.8 Å². The number of hydrogen-bond acceptors (Lipinski definition) is 3. The lowest BCUT2D eigenvalue weighted by atomic mass is 10.0. The van der Waals surface area contributed by atoms with Gasteiger partial charge in [-0.05, 0) is 36.6 Å². The van der Waals surface area contributed by atoms with Gasteiger partial charge >= 0.3 is 0 Å². The molecule has 3 rings (SSSR count). The molecule has 2 N–H and O–H groups in total. The maximum absolute atomic E-state index is 6.10. The van der Waals surface area contributed by atoms with Crippen LogP contribution in [0.5, 0.6) is 0 Å². The molecule has 2 aromatic rings. The Morgan fingerprint density at radius 3 is 2.75 bits per heavy atom. The van der Waals surface area contributed by atoms with Crippen LogP contribution in [-0.2, 0) is 13.1 Å². The molecule has 2 aromatic carbocycles. The van der Waals surface area contributed by atoms with Gasteiger partial charge in [-0.3, -0.25) is 0 Å². The van der Waals surface area contributed by atoms with E-state index in [4.69, 9.17) is 5.73 Å². The van der Waals surface area contributed by atoms with Crippen LogP contribution >= 0.6 is 0 Å². The van der Waals surface area contributed by atoms with Crippen LogP contribution in [0.2, 0.25) is 0 Å². The largest absolute Gasteiger partial charge is 0.369 e. The lowest BCUT2D eigenvalue weighted by Gasteiger charge is -2.28. The van der Waals surface area contributed by atoms with Crippen LogP contribution < -0.4 is 5.73 Å². The zero-order valence-corrected chi connectivity index (χ0v) is 11.9. The smallest absolute Gasteiger partial charge is 0.197 e. The third-order valence-corrected chi connectivity index (χ3v) is 3.77. The summed E-state index contributed by atoms with van der Waals surface area (Å²) in [5, 5.41) is 0. The van der Waals surface area contributed by atoms with Crippen molar-refractivity contribution in [2.45, 2.75) is 26.9 Å². The average Bonchev–Trinajstić information content (AvgIpc) is 2.42. The molecule has 3 nitrogen and oxygen atoms in total. The highest BCUT2D eigenvalue weighted by atomic mass is 15.3. The Morgan fingerprint density at radius 2 is 1.95 bits per heavy atom. The van der Waals surface area contributed by atoms with E-state index in [1.165, 1.54) is 22.3 Å². The Morgan fingerprint density at radius 1 is 1.15 bits per heavy atom. The number of benzene rings is 2. The van der Waals surface area contributed by atoms with Gasteiger partial charge in [0.1, 0.15) is 0 Å². The number of guanidine groups is 1. The first-order valence-electron chi connectivity index (χ1n) is 6.86. The van der Waals surface area contributed by atoms with Gasteiger partial charge in [0, 0.05) is 13.1 Å². The molecule has 1 heterocycles. The zero-order chi connectivity index (χ0) is 14.1. The third-order valence-electron chi connectivity index (χ3n) is 3.77. The van der Waals surface area contributed by atoms with Gasteiger partial charge in [-0.25, -0.2) is 4.99 Å².